The summed E-state index contributed by atoms with van der Waals surface area (Å²) in [6.07, 6.45) is 7.65. The summed E-state index contributed by atoms with van der Waals surface area (Å²) in [6.45, 7) is -0.0971. The van der Waals surface area contributed by atoms with Gasteiger partial charge in [-0.05, 0) is 49.1 Å². The average molecular weight is 418 g/mol. The molecule has 1 saturated carbocycles. The molecule has 3 rings (SSSR count). The van der Waals surface area contributed by atoms with Gasteiger partial charge in [0.2, 0.25) is 11.8 Å². The first-order chi connectivity index (χ1) is 14.0. The Kier molecular flexibility index (Phi) is 7.30. The summed E-state index contributed by atoms with van der Waals surface area (Å²) in [5, 5.41) is 8.25. The third-order valence-electron chi connectivity index (χ3n) is 4.89. The van der Waals surface area contributed by atoms with Gasteiger partial charge >= 0.3 is 0 Å². The Bertz CT molecular complexity index is 861. The molecule has 3 amide bonds. The van der Waals surface area contributed by atoms with E-state index in [1.54, 1.807) is 24.3 Å². The first kappa shape index (κ1) is 20.9. The Labute approximate surface area is 174 Å². The quantitative estimate of drug-likeness (QED) is 0.628. The molecule has 3 N–H and O–H groups in total. The van der Waals surface area contributed by atoms with Gasteiger partial charge in [0, 0.05) is 12.1 Å². The van der Waals surface area contributed by atoms with Crippen molar-refractivity contribution in [1.29, 1.82) is 0 Å². The number of hydrogen-bond acceptors (Lipinski definition) is 4. The molecule has 8 heteroatoms. The molecule has 0 spiro atoms. The molecule has 1 aliphatic carbocycles. The molecule has 29 heavy (non-hydrogen) atoms. The summed E-state index contributed by atoms with van der Waals surface area (Å²) in [5.74, 6) is -0.266. The topological polar surface area (TPSA) is 100 Å². The molecular formula is C21H24ClN3O4. The Morgan fingerprint density at radius 3 is 2.52 bits per heavy atom. The third kappa shape index (κ3) is 6.35. The molecule has 1 aromatic carbocycles. The molecule has 0 atom stereocenters. The molecule has 2 aromatic rings. The largest absolute Gasteiger partial charge is 0.459 e. The Morgan fingerprint density at radius 1 is 1.03 bits per heavy atom. The Morgan fingerprint density at radius 2 is 1.83 bits per heavy atom. The van der Waals surface area contributed by atoms with Gasteiger partial charge in [0.25, 0.3) is 5.91 Å². The van der Waals surface area contributed by atoms with E-state index in [9.17, 15) is 14.4 Å². The van der Waals surface area contributed by atoms with E-state index >= 15 is 0 Å². The summed E-state index contributed by atoms with van der Waals surface area (Å²) in [5.41, 5.74) is 0.865. The molecule has 1 fully saturated rings. The molecule has 7 nitrogen and oxygen atoms in total. The van der Waals surface area contributed by atoms with Gasteiger partial charge < -0.3 is 20.4 Å². The summed E-state index contributed by atoms with van der Waals surface area (Å²) in [7, 11) is 0. The van der Waals surface area contributed by atoms with Crippen LogP contribution in [0.1, 0.15) is 49.1 Å². The molecule has 0 aliphatic heterocycles. The van der Waals surface area contributed by atoms with E-state index < -0.39 is 5.91 Å². The molecule has 0 unspecified atom stereocenters. The number of carbonyl (C=O) groups is 3. The first-order valence-corrected chi connectivity index (χ1v) is 10.1. The number of benzene rings is 1. The highest BCUT2D eigenvalue weighted by molar-refractivity contribution is 6.34. The van der Waals surface area contributed by atoms with Crippen LogP contribution in [0.25, 0.3) is 0 Å². The maximum absolute atomic E-state index is 12.1. The van der Waals surface area contributed by atoms with Crippen molar-refractivity contribution in [2.24, 2.45) is 5.92 Å². The number of carbonyl (C=O) groups excluding carboxylic acids is 3. The van der Waals surface area contributed by atoms with Crippen molar-refractivity contribution in [3.63, 3.8) is 0 Å². The van der Waals surface area contributed by atoms with E-state index in [-0.39, 0.29) is 29.1 Å². The minimum atomic E-state index is -0.422. The van der Waals surface area contributed by atoms with Crippen molar-refractivity contribution in [2.75, 3.05) is 17.2 Å². The molecule has 0 bridgehead atoms. The van der Waals surface area contributed by atoms with Gasteiger partial charge in [0.05, 0.1) is 23.5 Å². The van der Waals surface area contributed by atoms with E-state index in [4.69, 9.17) is 16.0 Å². The van der Waals surface area contributed by atoms with Gasteiger partial charge in [-0.15, -0.1) is 0 Å². The third-order valence-corrected chi connectivity index (χ3v) is 5.20. The highest BCUT2D eigenvalue weighted by Crippen LogP contribution is 2.27. The van der Waals surface area contributed by atoms with E-state index in [1.165, 1.54) is 31.6 Å². The fraction of sp³-hybridized carbons (Fsp3) is 0.381. The minimum Gasteiger partial charge on any atom is -0.459 e. The average Bonchev–Trinajstić information content (AvgIpc) is 3.24. The second kappa shape index (κ2) is 10.1. The van der Waals surface area contributed by atoms with Crippen LogP contribution in [0, 0.1) is 5.92 Å². The van der Waals surface area contributed by atoms with Gasteiger partial charge in [-0.3, -0.25) is 14.4 Å². The second-order valence-electron chi connectivity index (χ2n) is 7.16. The van der Waals surface area contributed by atoms with Gasteiger partial charge in [-0.1, -0.05) is 30.9 Å². The van der Waals surface area contributed by atoms with Gasteiger partial charge in [-0.2, -0.15) is 0 Å². The monoisotopic (exact) mass is 417 g/mol. The van der Waals surface area contributed by atoms with Crippen LogP contribution in [0.15, 0.2) is 41.0 Å². The molecular weight excluding hydrogens is 394 g/mol. The van der Waals surface area contributed by atoms with E-state index in [0.717, 1.165) is 12.8 Å². The lowest BCUT2D eigenvalue weighted by Gasteiger charge is -2.20. The molecule has 154 valence electrons. The van der Waals surface area contributed by atoms with Crippen molar-refractivity contribution in [3.8, 4) is 0 Å². The van der Waals surface area contributed by atoms with Crippen LogP contribution in [-0.2, 0) is 9.59 Å². The number of halogens is 1. The van der Waals surface area contributed by atoms with Crippen molar-refractivity contribution in [3.05, 3.63) is 47.4 Å². The van der Waals surface area contributed by atoms with Crippen LogP contribution in [0.4, 0.5) is 11.4 Å². The molecule has 0 saturated heterocycles. The SMILES string of the molecule is O=C(CC1CCCCC1)NCC(=O)Nc1ccc(NC(=O)c2ccco2)c(Cl)c1. The maximum atomic E-state index is 12.1. The predicted octanol–water partition coefficient (Wildman–Crippen LogP) is 4.21. The number of nitrogens with one attached hydrogen (secondary N) is 3. The van der Waals surface area contributed by atoms with Crippen molar-refractivity contribution in [2.45, 2.75) is 38.5 Å². The van der Waals surface area contributed by atoms with E-state index in [0.29, 0.717) is 23.7 Å². The minimum absolute atomic E-state index is 0.0962. The van der Waals surface area contributed by atoms with Crippen LogP contribution in [0.5, 0.6) is 0 Å². The zero-order valence-electron chi connectivity index (χ0n) is 16.0. The first-order valence-electron chi connectivity index (χ1n) is 9.72. The predicted molar refractivity (Wildman–Crippen MR) is 111 cm³/mol. The zero-order chi connectivity index (χ0) is 20.6. The smallest absolute Gasteiger partial charge is 0.291 e. The van der Waals surface area contributed by atoms with Crippen molar-refractivity contribution < 1.29 is 18.8 Å². The Balaban J connectivity index is 1.45. The number of rotatable bonds is 7. The Hall–Kier alpha value is -2.80. The normalized spacial score (nSPS) is 14.2. The number of anilines is 2. The van der Waals surface area contributed by atoms with Crippen LogP contribution >= 0.6 is 11.6 Å². The van der Waals surface area contributed by atoms with Crippen molar-refractivity contribution in [1.82, 2.24) is 5.32 Å². The van der Waals surface area contributed by atoms with Gasteiger partial charge in [0.1, 0.15) is 0 Å². The highest BCUT2D eigenvalue weighted by Gasteiger charge is 2.17. The van der Waals surface area contributed by atoms with E-state index in [1.807, 2.05) is 0 Å². The lowest BCUT2D eigenvalue weighted by Crippen LogP contribution is -2.34. The van der Waals surface area contributed by atoms with Gasteiger partial charge in [0.15, 0.2) is 5.76 Å². The maximum Gasteiger partial charge on any atom is 0.291 e. The van der Waals surface area contributed by atoms with Crippen LogP contribution in [0.3, 0.4) is 0 Å². The lowest BCUT2D eigenvalue weighted by molar-refractivity contribution is -0.125. The lowest BCUT2D eigenvalue weighted by atomic mass is 9.87. The molecule has 1 aliphatic rings. The number of amides is 3. The van der Waals surface area contributed by atoms with Crippen molar-refractivity contribution >= 4 is 40.7 Å². The molecule has 1 aromatic heterocycles. The van der Waals surface area contributed by atoms with Crippen LogP contribution in [-0.4, -0.2) is 24.3 Å². The fourth-order valence-corrected chi connectivity index (χ4v) is 3.62. The fourth-order valence-electron chi connectivity index (χ4n) is 3.40. The summed E-state index contributed by atoms with van der Waals surface area (Å²) >= 11 is 6.19. The highest BCUT2D eigenvalue weighted by atomic mass is 35.5. The van der Waals surface area contributed by atoms with Crippen LogP contribution < -0.4 is 16.0 Å². The number of furan rings is 1. The summed E-state index contributed by atoms with van der Waals surface area (Å²) < 4.78 is 5.03. The van der Waals surface area contributed by atoms with E-state index in [2.05, 4.69) is 16.0 Å². The van der Waals surface area contributed by atoms with Crippen LogP contribution in [0.2, 0.25) is 5.02 Å². The number of hydrogen-bond donors (Lipinski definition) is 3. The molecule has 1 heterocycles. The molecule has 0 radical (unpaired) electrons. The second-order valence-corrected chi connectivity index (χ2v) is 7.57. The standard InChI is InChI=1S/C21H24ClN3O4/c22-16-12-15(8-9-17(16)25-21(28)18-7-4-10-29-18)24-20(27)13-23-19(26)11-14-5-2-1-3-6-14/h4,7-10,12,14H,1-3,5-6,11,13H2,(H,23,26)(H,24,27)(H,25,28). The van der Waals surface area contributed by atoms with Gasteiger partial charge in [-0.25, -0.2) is 0 Å². The summed E-state index contributed by atoms with van der Waals surface area (Å²) in [6, 6.07) is 7.89. The summed E-state index contributed by atoms with van der Waals surface area (Å²) in [4.78, 5) is 36.1. The zero-order valence-corrected chi connectivity index (χ0v) is 16.8.